The van der Waals surface area contributed by atoms with E-state index >= 15 is 0 Å². The summed E-state index contributed by atoms with van der Waals surface area (Å²) < 4.78 is 14.9. The molecule has 0 saturated carbocycles. The fourth-order valence-electron chi connectivity index (χ4n) is 1.60. The zero-order chi connectivity index (χ0) is 11.5. The van der Waals surface area contributed by atoms with Gasteiger partial charge in [-0.25, -0.2) is 14.1 Å². The average Bonchev–Trinajstić information content (AvgIpc) is 2.76. The van der Waals surface area contributed by atoms with Crippen LogP contribution in [0.25, 0.3) is 5.69 Å². The number of nitrogens with one attached hydrogen (secondary N) is 1. The lowest BCUT2D eigenvalue weighted by atomic mass is 10.2. The summed E-state index contributed by atoms with van der Waals surface area (Å²) in [6.07, 6.45) is 2.23. The van der Waals surface area contributed by atoms with Gasteiger partial charge in [-0.15, -0.1) is 12.4 Å². The van der Waals surface area contributed by atoms with Gasteiger partial charge in [0.25, 0.3) is 0 Å². The van der Waals surface area contributed by atoms with E-state index in [1.807, 2.05) is 6.92 Å². The van der Waals surface area contributed by atoms with E-state index in [2.05, 4.69) is 15.4 Å². The number of rotatable bonds is 3. The third-order valence-corrected chi connectivity index (χ3v) is 2.39. The summed E-state index contributed by atoms with van der Waals surface area (Å²) in [5.74, 6) is 0.522. The second-order valence-corrected chi connectivity index (χ2v) is 3.35. The maximum absolute atomic E-state index is 13.2. The zero-order valence-corrected chi connectivity index (χ0v) is 10.5. The second-order valence-electron chi connectivity index (χ2n) is 3.35. The van der Waals surface area contributed by atoms with Crippen LogP contribution in [0.15, 0.2) is 24.5 Å². The van der Waals surface area contributed by atoms with E-state index in [0.717, 1.165) is 17.9 Å². The Labute approximate surface area is 105 Å². The van der Waals surface area contributed by atoms with Crippen molar-refractivity contribution in [2.24, 2.45) is 0 Å². The standard InChI is InChI=1S/C11H13FN4.ClH/c1-3-11-14-7-15-16(11)10-6-8(12)4-5-9(10)13-2;/h4-7,13H,3H2,1-2H3;1H. The van der Waals surface area contributed by atoms with E-state index in [9.17, 15) is 4.39 Å². The molecule has 2 rings (SSSR count). The van der Waals surface area contributed by atoms with Crippen molar-refractivity contribution >= 4 is 18.1 Å². The van der Waals surface area contributed by atoms with Gasteiger partial charge in [-0.3, -0.25) is 0 Å². The van der Waals surface area contributed by atoms with Gasteiger partial charge in [0.05, 0.1) is 11.4 Å². The molecule has 0 spiro atoms. The summed E-state index contributed by atoms with van der Waals surface area (Å²) >= 11 is 0. The lowest BCUT2D eigenvalue weighted by Gasteiger charge is -2.10. The van der Waals surface area contributed by atoms with Gasteiger partial charge in [0.2, 0.25) is 0 Å². The van der Waals surface area contributed by atoms with Crippen LogP contribution in [0, 0.1) is 5.82 Å². The van der Waals surface area contributed by atoms with E-state index in [-0.39, 0.29) is 18.2 Å². The number of halogens is 2. The van der Waals surface area contributed by atoms with Crippen LogP contribution in [0.2, 0.25) is 0 Å². The monoisotopic (exact) mass is 256 g/mol. The van der Waals surface area contributed by atoms with Gasteiger partial charge in [0.1, 0.15) is 18.0 Å². The van der Waals surface area contributed by atoms with Gasteiger partial charge >= 0.3 is 0 Å². The lowest BCUT2D eigenvalue weighted by molar-refractivity contribution is 0.625. The van der Waals surface area contributed by atoms with Crippen molar-refractivity contribution < 1.29 is 4.39 Å². The zero-order valence-electron chi connectivity index (χ0n) is 9.64. The minimum atomic E-state index is -0.286. The Kier molecular flexibility index (Phi) is 4.45. The van der Waals surface area contributed by atoms with Gasteiger partial charge < -0.3 is 5.32 Å². The molecular weight excluding hydrogens is 243 g/mol. The molecule has 0 fully saturated rings. The molecule has 1 aromatic carbocycles. The largest absolute Gasteiger partial charge is 0.386 e. The Hall–Kier alpha value is -1.62. The van der Waals surface area contributed by atoms with Crippen LogP contribution in [0.4, 0.5) is 10.1 Å². The van der Waals surface area contributed by atoms with Crippen molar-refractivity contribution in [1.29, 1.82) is 0 Å². The molecule has 0 unspecified atom stereocenters. The molecule has 0 aliphatic carbocycles. The van der Waals surface area contributed by atoms with Crippen LogP contribution < -0.4 is 5.32 Å². The lowest BCUT2D eigenvalue weighted by Crippen LogP contribution is -2.06. The second kappa shape index (κ2) is 5.63. The van der Waals surface area contributed by atoms with Gasteiger partial charge in [0, 0.05) is 19.5 Å². The van der Waals surface area contributed by atoms with Crippen molar-refractivity contribution in [3.8, 4) is 5.69 Å². The van der Waals surface area contributed by atoms with E-state index in [4.69, 9.17) is 0 Å². The fraction of sp³-hybridized carbons (Fsp3) is 0.273. The van der Waals surface area contributed by atoms with Crippen molar-refractivity contribution in [1.82, 2.24) is 14.8 Å². The first-order chi connectivity index (χ1) is 7.76. The summed E-state index contributed by atoms with van der Waals surface area (Å²) in [6, 6.07) is 4.54. The number of hydrogen-bond donors (Lipinski definition) is 1. The Balaban J connectivity index is 0.00000144. The number of aromatic nitrogens is 3. The molecule has 2 aromatic rings. The average molecular weight is 257 g/mol. The van der Waals surface area contributed by atoms with E-state index < -0.39 is 0 Å². The Morgan fingerprint density at radius 2 is 2.18 bits per heavy atom. The smallest absolute Gasteiger partial charge is 0.138 e. The molecule has 1 aromatic heterocycles. The van der Waals surface area contributed by atoms with Crippen LogP contribution in [0.3, 0.4) is 0 Å². The van der Waals surface area contributed by atoms with Crippen LogP contribution in [0.5, 0.6) is 0 Å². The predicted molar refractivity (Wildman–Crippen MR) is 67.5 cm³/mol. The molecule has 1 heterocycles. The Bertz CT molecular complexity index is 498. The summed E-state index contributed by atoms with van der Waals surface area (Å²) in [6.45, 7) is 1.98. The molecule has 0 aliphatic heterocycles. The molecule has 4 nitrogen and oxygen atoms in total. The number of anilines is 1. The van der Waals surface area contributed by atoms with Gasteiger partial charge in [0.15, 0.2) is 0 Å². The van der Waals surface area contributed by atoms with Gasteiger partial charge in [-0.2, -0.15) is 5.10 Å². The number of aryl methyl sites for hydroxylation is 1. The third-order valence-electron chi connectivity index (χ3n) is 2.39. The van der Waals surface area contributed by atoms with Crippen LogP contribution in [-0.4, -0.2) is 21.8 Å². The summed E-state index contributed by atoms with van der Waals surface area (Å²) in [5.41, 5.74) is 1.50. The molecule has 0 bridgehead atoms. The molecule has 0 radical (unpaired) electrons. The molecule has 0 saturated heterocycles. The molecule has 0 amide bonds. The maximum Gasteiger partial charge on any atom is 0.138 e. The SMILES string of the molecule is CCc1ncnn1-c1cc(F)ccc1NC.Cl. The highest BCUT2D eigenvalue weighted by Gasteiger charge is 2.09. The summed E-state index contributed by atoms with van der Waals surface area (Å²) in [7, 11) is 1.79. The van der Waals surface area contributed by atoms with Crippen molar-refractivity contribution in [3.05, 3.63) is 36.2 Å². The summed E-state index contributed by atoms with van der Waals surface area (Å²) in [5, 5.41) is 7.11. The minimum absolute atomic E-state index is 0. The van der Waals surface area contributed by atoms with Crippen molar-refractivity contribution in [2.75, 3.05) is 12.4 Å². The van der Waals surface area contributed by atoms with Crippen molar-refractivity contribution in [2.45, 2.75) is 13.3 Å². The molecule has 0 aliphatic rings. The quantitative estimate of drug-likeness (QED) is 0.917. The molecule has 0 atom stereocenters. The minimum Gasteiger partial charge on any atom is -0.386 e. The Morgan fingerprint density at radius 3 is 2.82 bits per heavy atom. The topological polar surface area (TPSA) is 42.7 Å². The van der Waals surface area contributed by atoms with Gasteiger partial charge in [-0.1, -0.05) is 6.92 Å². The highest BCUT2D eigenvalue weighted by molar-refractivity contribution is 5.85. The normalized spacial score (nSPS) is 9.82. The molecule has 1 N–H and O–H groups in total. The highest BCUT2D eigenvalue weighted by Crippen LogP contribution is 2.21. The molecule has 92 valence electrons. The van der Waals surface area contributed by atoms with Crippen LogP contribution >= 0.6 is 12.4 Å². The maximum atomic E-state index is 13.2. The van der Waals surface area contributed by atoms with Crippen LogP contribution in [-0.2, 0) is 6.42 Å². The third kappa shape index (κ3) is 2.55. The van der Waals surface area contributed by atoms with Crippen molar-refractivity contribution in [3.63, 3.8) is 0 Å². The number of hydrogen-bond acceptors (Lipinski definition) is 3. The molecule has 17 heavy (non-hydrogen) atoms. The van der Waals surface area contributed by atoms with E-state index in [0.29, 0.717) is 5.69 Å². The molecular formula is C11H14ClFN4. The molecule has 6 heteroatoms. The fourth-order valence-corrected chi connectivity index (χ4v) is 1.60. The van der Waals surface area contributed by atoms with E-state index in [1.54, 1.807) is 17.8 Å². The highest BCUT2D eigenvalue weighted by atomic mass is 35.5. The first-order valence-corrected chi connectivity index (χ1v) is 5.12. The van der Waals surface area contributed by atoms with Crippen LogP contribution in [0.1, 0.15) is 12.7 Å². The Morgan fingerprint density at radius 1 is 1.41 bits per heavy atom. The van der Waals surface area contributed by atoms with Gasteiger partial charge in [-0.05, 0) is 12.1 Å². The van der Waals surface area contributed by atoms with E-state index in [1.165, 1.54) is 18.5 Å². The first kappa shape index (κ1) is 13.4. The number of nitrogens with zero attached hydrogens (tertiary/aromatic N) is 3. The number of benzene rings is 1. The predicted octanol–water partition coefficient (Wildman–Crippen LogP) is 2.43. The first-order valence-electron chi connectivity index (χ1n) is 5.12. The summed E-state index contributed by atoms with van der Waals surface area (Å²) in [4.78, 5) is 4.12.